The van der Waals surface area contributed by atoms with E-state index in [0.717, 1.165) is 10.7 Å². The van der Waals surface area contributed by atoms with E-state index in [-0.39, 0.29) is 41.4 Å². The molecule has 2 heterocycles. The third-order valence-corrected chi connectivity index (χ3v) is 8.13. The van der Waals surface area contributed by atoms with Crippen LogP contribution in [0.2, 0.25) is 5.02 Å². The SMILES string of the molecule is CCCC1C(=O)N(CCC)C(=O)N1Cc1ccc(S(=O)(=O)N2CCCC2C(=O)O)cc1Cl. The molecule has 2 aliphatic heterocycles. The van der Waals surface area contributed by atoms with Gasteiger partial charge in [-0.3, -0.25) is 14.5 Å². The first-order valence-electron chi connectivity index (χ1n) is 10.8. The smallest absolute Gasteiger partial charge is 0.327 e. The fourth-order valence-electron chi connectivity index (χ4n) is 4.27. The maximum absolute atomic E-state index is 13.0. The van der Waals surface area contributed by atoms with Gasteiger partial charge in [-0.15, -0.1) is 0 Å². The highest BCUT2D eigenvalue weighted by Crippen LogP contribution is 2.31. The summed E-state index contributed by atoms with van der Waals surface area (Å²) in [5.74, 6) is -1.40. The van der Waals surface area contributed by atoms with E-state index in [4.69, 9.17) is 11.6 Å². The minimum atomic E-state index is -4.03. The molecular weight excluding hydrogens is 458 g/mol. The van der Waals surface area contributed by atoms with Crippen molar-refractivity contribution in [3.63, 3.8) is 0 Å². The summed E-state index contributed by atoms with van der Waals surface area (Å²) in [4.78, 5) is 39.6. The van der Waals surface area contributed by atoms with Crippen LogP contribution >= 0.6 is 11.6 Å². The van der Waals surface area contributed by atoms with E-state index >= 15 is 0 Å². The largest absolute Gasteiger partial charge is 0.480 e. The number of hydrogen-bond acceptors (Lipinski definition) is 5. The second-order valence-electron chi connectivity index (χ2n) is 8.07. The molecular formula is C21H28ClN3O6S. The number of carbonyl (C=O) groups excluding carboxylic acids is 2. The normalized spacial score (nSPS) is 22.2. The van der Waals surface area contributed by atoms with Gasteiger partial charge in [0.05, 0.1) is 4.90 Å². The Morgan fingerprint density at radius 1 is 1.22 bits per heavy atom. The van der Waals surface area contributed by atoms with Crippen molar-refractivity contribution in [3.8, 4) is 0 Å². The second kappa shape index (κ2) is 9.76. The van der Waals surface area contributed by atoms with Crippen LogP contribution < -0.4 is 0 Å². The number of carboxylic acids is 1. The average Bonchev–Trinajstić information content (AvgIpc) is 3.32. The van der Waals surface area contributed by atoms with E-state index in [1.165, 1.54) is 28.0 Å². The minimum absolute atomic E-state index is 0.0794. The topological polar surface area (TPSA) is 115 Å². The summed E-state index contributed by atoms with van der Waals surface area (Å²) in [5.41, 5.74) is 0.516. The number of amides is 3. The van der Waals surface area contributed by atoms with Gasteiger partial charge in [0.2, 0.25) is 10.0 Å². The number of aliphatic carboxylic acids is 1. The Labute approximate surface area is 193 Å². The van der Waals surface area contributed by atoms with Crippen LogP contribution in [0.25, 0.3) is 0 Å². The van der Waals surface area contributed by atoms with Crippen LogP contribution in [0.3, 0.4) is 0 Å². The van der Waals surface area contributed by atoms with Crippen LogP contribution in [0.1, 0.15) is 51.5 Å². The van der Waals surface area contributed by atoms with Gasteiger partial charge in [0, 0.05) is 24.7 Å². The van der Waals surface area contributed by atoms with E-state index in [1.807, 2.05) is 13.8 Å². The summed E-state index contributed by atoms with van der Waals surface area (Å²) < 4.78 is 27.0. The molecule has 32 heavy (non-hydrogen) atoms. The van der Waals surface area contributed by atoms with Crippen LogP contribution in [0.4, 0.5) is 4.79 Å². The second-order valence-corrected chi connectivity index (χ2v) is 10.4. The molecule has 2 saturated heterocycles. The van der Waals surface area contributed by atoms with Gasteiger partial charge in [-0.2, -0.15) is 4.31 Å². The predicted octanol–water partition coefficient (Wildman–Crippen LogP) is 2.92. The number of halogens is 1. The van der Waals surface area contributed by atoms with Crippen molar-refractivity contribution in [1.29, 1.82) is 0 Å². The minimum Gasteiger partial charge on any atom is -0.480 e. The van der Waals surface area contributed by atoms with Gasteiger partial charge < -0.3 is 10.0 Å². The first-order chi connectivity index (χ1) is 15.1. The highest BCUT2D eigenvalue weighted by Gasteiger charge is 2.44. The lowest BCUT2D eigenvalue weighted by molar-refractivity contribution is -0.140. The Kier molecular flexibility index (Phi) is 7.46. The number of rotatable bonds is 9. The molecule has 176 valence electrons. The molecule has 0 saturated carbocycles. The zero-order valence-corrected chi connectivity index (χ0v) is 19.7. The molecule has 0 bridgehead atoms. The molecule has 1 N–H and O–H groups in total. The molecule has 0 radical (unpaired) electrons. The van der Waals surface area contributed by atoms with Gasteiger partial charge in [-0.1, -0.05) is 37.9 Å². The highest BCUT2D eigenvalue weighted by molar-refractivity contribution is 7.89. The number of nitrogens with zero attached hydrogens (tertiary/aromatic N) is 3. The molecule has 11 heteroatoms. The van der Waals surface area contributed by atoms with Crippen molar-refractivity contribution >= 4 is 39.5 Å². The van der Waals surface area contributed by atoms with Gasteiger partial charge in [-0.25, -0.2) is 13.2 Å². The zero-order chi connectivity index (χ0) is 23.6. The molecule has 2 unspecified atom stereocenters. The summed E-state index contributed by atoms with van der Waals surface area (Å²) in [6, 6.07) is 2.14. The summed E-state index contributed by atoms with van der Waals surface area (Å²) in [6.07, 6.45) is 2.65. The predicted molar refractivity (Wildman–Crippen MR) is 118 cm³/mol. The van der Waals surface area contributed by atoms with E-state index in [2.05, 4.69) is 0 Å². The maximum atomic E-state index is 13.0. The first-order valence-corrected chi connectivity index (χ1v) is 12.6. The number of benzene rings is 1. The molecule has 2 aliphatic rings. The van der Waals surface area contributed by atoms with E-state index < -0.39 is 28.1 Å². The van der Waals surface area contributed by atoms with Crippen molar-refractivity contribution in [2.24, 2.45) is 0 Å². The molecule has 0 aliphatic carbocycles. The summed E-state index contributed by atoms with van der Waals surface area (Å²) in [5, 5.41) is 9.47. The number of hydrogen-bond donors (Lipinski definition) is 1. The molecule has 1 aromatic carbocycles. The van der Waals surface area contributed by atoms with Crippen molar-refractivity contribution in [2.45, 2.75) is 69.5 Å². The quantitative estimate of drug-likeness (QED) is 0.538. The number of carbonyl (C=O) groups is 3. The Morgan fingerprint density at radius 2 is 1.94 bits per heavy atom. The van der Waals surface area contributed by atoms with Gasteiger partial charge in [-0.05, 0) is 43.4 Å². The third-order valence-electron chi connectivity index (χ3n) is 5.87. The Hall–Kier alpha value is -2.17. The van der Waals surface area contributed by atoms with Crippen molar-refractivity contribution in [3.05, 3.63) is 28.8 Å². The summed E-state index contributed by atoms with van der Waals surface area (Å²) in [6.45, 7) is 4.39. The fourth-order valence-corrected chi connectivity index (χ4v) is 6.25. The molecule has 0 spiro atoms. The van der Waals surface area contributed by atoms with Gasteiger partial charge >= 0.3 is 12.0 Å². The van der Waals surface area contributed by atoms with E-state index in [0.29, 0.717) is 31.4 Å². The standard InChI is InChI=1S/C21H28ClN3O6S/c1-3-6-17-19(26)23(10-4-2)21(29)24(17)13-14-8-9-15(12-16(14)22)32(30,31)25-11-5-7-18(25)20(27)28/h8-9,12,17-18H,3-7,10-11,13H2,1-2H3,(H,27,28). The van der Waals surface area contributed by atoms with Gasteiger partial charge in [0.25, 0.3) is 5.91 Å². The Morgan fingerprint density at radius 3 is 2.53 bits per heavy atom. The van der Waals surface area contributed by atoms with Crippen molar-refractivity contribution in [2.75, 3.05) is 13.1 Å². The fraction of sp³-hybridized carbons (Fsp3) is 0.571. The van der Waals surface area contributed by atoms with Gasteiger partial charge in [0.1, 0.15) is 12.1 Å². The number of urea groups is 1. The van der Waals surface area contributed by atoms with Crippen LogP contribution in [-0.4, -0.2) is 70.7 Å². The van der Waals surface area contributed by atoms with E-state index in [1.54, 1.807) is 0 Å². The van der Waals surface area contributed by atoms with Crippen LogP contribution in [0, 0.1) is 0 Å². The zero-order valence-electron chi connectivity index (χ0n) is 18.2. The number of imide groups is 1. The number of sulfonamides is 1. The van der Waals surface area contributed by atoms with Crippen LogP contribution in [0.5, 0.6) is 0 Å². The third kappa shape index (κ3) is 4.49. The summed E-state index contributed by atoms with van der Waals surface area (Å²) >= 11 is 6.39. The Bertz CT molecular complexity index is 1010. The number of carboxylic acid groups (broad SMARTS) is 1. The first kappa shape index (κ1) is 24.5. The lowest BCUT2D eigenvalue weighted by Crippen LogP contribution is -2.40. The molecule has 9 nitrogen and oxygen atoms in total. The molecule has 2 fully saturated rings. The Balaban J connectivity index is 1.86. The van der Waals surface area contributed by atoms with Crippen LogP contribution in [0.15, 0.2) is 23.1 Å². The van der Waals surface area contributed by atoms with E-state index in [9.17, 15) is 27.9 Å². The molecule has 3 rings (SSSR count). The van der Waals surface area contributed by atoms with Gasteiger partial charge in [0.15, 0.2) is 0 Å². The lowest BCUT2D eigenvalue weighted by atomic mass is 10.1. The van der Waals surface area contributed by atoms with Crippen LogP contribution in [-0.2, 0) is 26.2 Å². The monoisotopic (exact) mass is 485 g/mol. The van der Waals surface area contributed by atoms with Crippen molar-refractivity contribution in [1.82, 2.24) is 14.1 Å². The molecule has 0 aromatic heterocycles. The highest BCUT2D eigenvalue weighted by atomic mass is 35.5. The molecule has 3 amide bonds. The lowest BCUT2D eigenvalue weighted by Gasteiger charge is -2.23. The van der Waals surface area contributed by atoms with Crippen molar-refractivity contribution < 1.29 is 27.9 Å². The molecule has 2 atom stereocenters. The molecule has 1 aromatic rings. The average molecular weight is 486 g/mol. The summed E-state index contributed by atoms with van der Waals surface area (Å²) in [7, 11) is -4.03. The maximum Gasteiger partial charge on any atom is 0.327 e.